The number of halogens is 1. The van der Waals surface area contributed by atoms with Crippen LogP contribution < -0.4 is 10.2 Å². The topological polar surface area (TPSA) is 61.9 Å². The molecule has 1 aliphatic heterocycles. The number of amides is 2. The van der Waals surface area contributed by atoms with Gasteiger partial charge in [-0.15, -0.1) is 11.6 Å². The number of ether oxygens (including phenoxy) is 1. The molecule has 1 aliphatic rings. The fourth-order valence-electron chi connectivity index (χ4n) is 2.42. The average molecular weight is 354 g/mol. The highest BCUT2D eigenvalue weighted by atomic mass is 35.5. The van der Waals surface area contributed by atoms with Crippen LogP contribution in [0, 0.1) is 0 Å². The smallest absolute Gasteiger partial charge is 0.410 e. The van der Waals surface area contributed by atoms with Gasteiger partial charge in [0.15, 0.2) is 0 Å². The molecule has 24 heavy (non-hydrogen) atoms. The summed E-state index contributed by atoms with van der Waals surface area (Å²) in [6.45, 7) is 8.34. The molecule has 1 heterocycles. The highest BCUT2D eigenvalue weighted by molar-refractivity contribution is 6.29. The summed E-state index contributed by atoms with van der Waals surface area (Å²) in [5.74, 6) is -0.288. The Hall–Kier alpha value is -1.95. The Bertz CT molecular complexity index is 576. The second kappa shape index (κ2) is 7.75. The first-order valence-electron chi connectivity index (χ1n) is 7.97. The number of alkyl halides is 1. The van der Waals surface area contributed by atoms with Gasteiger partial charge in [-0.3, -0.25) is 4.79 Å². The molecule has 0 bridgehead atoms. The van der Waals surface area contributed by atoms with Crippen molar-refractivity contribution in [2.24, 2.45) is 0 Å². The number of nitrogens with one attached hydrogen (secondary N) is 1. The third-order valence-electron chi connectivity index (χ3n) is 3.57. The van der Waals surface area contributed by atoms with Crippen LogP contribution in [0.2, 0.25) is 0 Å². The maximum Gasteiger partial charge on any atom is 0.410 e. The zero-order chi connectivity index (χ0) is 17.7. The maximum atomic E-state index is 12.1. The molecule has 1 aromatic rings. The summed E-state index contributed by atoms with van der Waals surface area (Å²) >= 11 is 5.47. The minimum Gasteiger partial charge on any atom is -0.444 e. The van der Waals surface area contributed by atoms with Gasteiger partial charge in [-0.25, -0.2) is 4.79 Å². The molecule has 7 heteroatoms. The van der Waals surface area contributed by atoms with Gasteiger partial charge in [0.05, 0.1) is 0 Å². The van der Waals surface area contributed by atoms with Gasteiger partial charge in [0.2, 0.25) is 5.91 Å². The Labute approximate surface area is 147 Å². The van der Waals surface area contributed by atoms with Crippen LogP contribution in [0.3, 0.4) is 0 Å². The average Bonchev–Trinajstić information content (AvgIpc) is 2.54. The van der Waals surface area contributed by atoms with Gasteiger partial charge < -0.3 is 19.9 Å². The van der Waals surface area contributed by atoms with E-state index >= 15 is 0 Å². The molecule has 0 spiro atoms. The summed E-state index contributed by atoms with van der Waals surface area (Å²) in [4.78, 5) is 27.3. The lowest BCUT2D eigenvalue weighted by Crippen LogP contribution is -2.50. The van der Waals surface area contributed by atoms with E-state index in [2.05, 4.69) is 10.2 Å². The predicted molar refractivity (Wildman–Crippen MR) is 95.8 cm³/mol. The van der Waals surface area contributed by atoms with Crippen LogP contribution in [0.4, 0.5) is 16.2 Å². The summed E-state index contributed by atoms with van der Waals surface area (Å²) in [6, 6.07) is 7.60. The van der Waals surface area contributed by atoms with Crippen molar-refractivity contribution in [2.75, 3.05) is 42.3 Å². The van der Waals surface area contributed by atoms with E-state index in [0.29, 0.717) is 13.1 Å². The molecule has 2 amide bonds. The van der Waals surface area contributed by atoms with Crippen molar-refractivity contribution in [2.45, 2.75) is 26.4 Å². The molecular formula is C17H24ClN3O3. The highest BCUT2D eigenvalue weighted by Crippen LogP contribution is 2.20. The third-order valence-corrected chi connectivity index (χ3v) is 3.81. The number of rotatable bonds is 3. The Morgan fingerprint density at radius 3 is 2.21 bits per heavy atom. The molecule has 0 unspecified atom stereocenters. The summed E-state index contributed by atoms with van der Waals surface area (Å²) in [5.41, 5.74) is 1.30. The molecule has 1 aromatic carbocycles. The second-order valence-electron chi connectivity index (χ2n) is 6.68. The Kier molecular flexibility index (Phi) is 5.94. The molecule has 1 saturated heterocycles. The summed E-state index contributed by atoms with van der Waals surface area (Å²) in [6.07, 6.45) is -0.263. The number of anilines is 2. The monoisotopic (exact) mass is 353 g/mol. The van der Waals surface area contributed by atoms with Gasteiger partial charge in [0.1, 0.15) is 11.5 Å². The van der Waals surface area contributed by atoms with Crippen LogP contribution in [0.25, 0.3) is 0 Å². The minimum atomic E-state index is -0.475. The number of piperazine rings is 1. The summed E-state index contributed by atoms with van der Waals surface area (Å²) in [7, 11) is 0. The Morgan fingerprint density at radius 2 is 1.71 bits per heavy atom. The number of carbonyl (C=O) groups is 2. The minimum absolute atomic E-state index is 0.0611. The third kappa shape index (κ3) is 5.30. The number of hydrogen-bond donors (Lipinski definition) is 1. The Balaban J connectivity index is 1.88. The largest absolute Gasteiger partial charge is 0.444 e. The standard InChI is InChI=1S/C17H24ClN3O3/c1-17(2,3)24-16(23)21-10-8-20(9-11-21)14-6-4-13(5-7-14)19-15(22)12-18/h4-7H,8-12H2,1-3H3,(H,19,22). The lowest BCUT2D eigenvalue weighted by atomic mass is 10.2. The maximum absolute atomic E-state index is 12.1. The van der Waals surface area contributed by atoms with Gasteiger partial charge in [-0.1, -0.05) is 0 Å². The van der Waals surface area contributed by atoms with E-state index in [4.69, 9.17) is 16.3 Å². The lowest BCUT2D eigenvalue weighted by molar-refractivity contribution is -0.113. The number of hydrogen-bond acceptors (Lipinski definition) is 4. The van der Waals surface area contributed by atoms with Crippen molar-refractivity contribution in [1.82, 2.24) is 4.90 Å². The van der Waals surface area contributed by atoms with Gasteiger partial charge >= 0.3 is 6.09 Å². The van der Waals surface area contributed by atoms with Crippen molar-refractivity contribution in [3.63, 3.8) is 0 Å². The molecule has 1 N–H and O–H groups in total. The number of benzene rings is 1. The molecular weight excluding hydrogens is 330 g/mol. The van der Waals surface area contributed by atoms with Gasteiger partial charge in [0.25, 0.3) is 0 Å². The fourth-order valence-corrected chi connectivity index (χ4v) is 2.49. The molecule has 0 aliphatic carbocycles. The molecule has 1 fully saturated rings. The van der Waals surface area contributed by atoms with Crippen molar-refractivity contribution >= 4 is 35.0 Å². The van der Waals surface area contributed by atoms with Gasteiger partial charge in [0, 0.05) is 37.6 Å². The fraction of sp³-hybridized carbons (Fsp3) is 0.529. The van der Waals surface area contributed by atoms with Crippen LogP contribution in [0.1, 0.15) is 20.8 Å². The van der Waals surface area contributed by atoms with Gasteiger partial charge in [-0.05, 0) is 45.0 Å². The zero-order valence-corrected chi connectivity index (χ0v) is 15.1. The van der Waals surface area contributed by atoms with Crippen molar-refractivity contribution in [1.29, 1.82) is 0 Å². The van der Waals surface area contributed by atoms with E-state index in [-0.39, 0.29) is 17.9 Å². The number of carbonyl (C=O) groups excluding carboxylic acids is 2. The zero-order valence-electron chi connectivity index (χ0n) is 14.3. The van der Waals surface area contributed by atoms with E-state index in [1.165, 1.54) is 0 Å². The highest BCUT2D eigenvalue weighted by Gasteiger charge is 2.25. The second-order valence-corrected chi connectivity index (χ2v) is 6.95. The van der Waals surface area contributed by atoms with E-state index in [0.717, 1.165) is 24.5 Å². The quantitative estimate of drug-likeness (QED) is 0.849. The first kappa shape index (κ1) is 18.4. The van der Waals surface area contributed by atoms with Crippen LogP contribution in [-0.4, -0.2) is 54.6 Å². The first-order valence-corrected chi connectivity index (χ1v) is 8.51. The normalized spacial score (nSPS) is 15.2. The molecule has 0 radical (unpaired) electrons. The molecule has 0 saturated carbocycles. The van der Waals surface area contributed by atoms with E-state index in [1.54, 1.807) is 4.90 Å². The lowest BCUT2D eigenvalue weighted by Gasteiger charge is -2.36. The number of nitrogens with zero attached hydrogens (tertiary/aromatic N) is 2. The van der Waals surface area contributed by atoms with Crippen LogP contribution in [0.5, 0.6) is 0 Å². The van der Waals surface area contributed by atoms with Crippen molar-refractivity contribution in [3.8, 4) is 0 Å². The van der Waals surface area contributed by atoms with Crippen LogP contribution in [0.15, 0.2) is 24.3 Å². The molecule has 132 valence electrons. The summed E-state index contributed by atoms with van der Waals surface area (Å²) in [5, 5.41) is 2.71. The van der Waals surface area contributed by atoms with E-state index in [9.17, 15) is 9.59 Å². The SMILES string of the molecule is CC(C)(C)OC(=O)N1CCN(c2ccc(NC(=O)CCl)cc2)CC1. The predicted octanol–water partition coefficient (Wildman–Crippen LogP) is 2.92. The van der Waals surface area contributed by atoms with E-state index in [1.807, 2.05) is 45.0 Å². The van der Waals surface area contributed by atoms with Crippen molar-refractivity contribution < 1.29 is 14.3 Å². The molecule has 2 rings (SSSR count). The first-order chi connectivity index (χ1) is 11.3. The Morgan fingerprint density at radius 1 is 1.12 bits per heavy atom. The van der Waals surface area contributed by atoms with E-state index < -0.39 is 5.60 Å². The van der Waals surface area contributed by atoms with Gasteiger partial charge in [-0.2, -0.15) is 0 Å². The van der Waals surface area contributed by atoms with Crippen LogP contribution in [-0.2, 0) is 9.53 Å². The van der Waals surface area contributed by atoms with Crippen LogP contribution >= 0.6 is 11.6 Å². The molecule has 0 aromatic heterocycles. The molecule has 6 nitrogen and oxygen atoms in total. The summed E-state index contributed by atoms with van der Waals surface area (Å²) < 4.78 is 5.40. The molecule has 0 atom stereocenters. The van der Waals surface area contributed by atoms with Crippen molar-refractivity contribution in [3.05, 3.63) is 24.3 Å².